The Morgan fingerprint density at radius 1 is 1.33 bits per heavy atom. The SMILES string of the molecule is CNCCC(c1ccncc1)C(F)(F)F. The molecule has 2 nitrogen and oxygen atoms in total. The summed E-state index contributed by atoms with van der Waals surface area (Å²) in [7, 11) is 1.64. The van der Waals surface area contributed by atoms with Crippen molar-refractivity contribution in [3.63, 3.8) is 0 Å². The molecule has 1 unspecified atom stereocenters. The number of nitrogens with zero attached hydrogens (tertiary/aromatic N) is 1. The summed E-state index contributed by atoms with van der Waals surface area (Å²) in [4.78, 5) is 3.71. The van der Waals surface area contributed by atoms with Crippen molar-refractivity contribution in [3.8, 4) is 0 Å². The van der Waals surface area contributed by atoms with Crippen LogP contribution in [-0.4, -0.2) is 24.8 Å². The first kappa shape index (κ1) is 12.0. The predicted octanol–water partition coefficient (Wildman–Crippen LogP) is 2.34. The number of nitrogens with one attached hydrogen (secondary N) is 1. The predicted molar refractivity (Wildman–Crippen MR) is 51.6 cm³/mol. The molecule has 0 fully saturated rings. The van der Waals surface area contributed by atoms with Gasteiger partial charge in [-0.25, -0.2) is 0 Å². The zero-order valence-corrected chi connectivity index (χ0v) is 8.38. The van der Waals surface area contributed by atoms with Gasteiger partial charge in [0.25, 0.3) is 0 Å². The summed E-state index contributed by atoms with van der Waals surface area (Å²) in [5, 5.41) is 2.72. The third kappa shape index (κ3) is 3.51. The number of pyridine rings is 1. The van der Waals surface area contributed by atoms with E-state index < -0.39 is 12.1 Å². The fourth-order valence-corrected chi connectivity index (χ4v) is 1.40. The van der Waals surface area contributed by atoms with E-state index in [0.29, 0.717) is 6.54 Å². The van der Waals surface area contributed by atoms with Crippen LogP contribution in [-0.2, 0) is 0 Å². The van der Waals surface area contributed by atoms with Crippen LogP contribution in [0.4, 0.5) is 13.2 Å². The van der Waals surface area contributed by atoms with Crippen molar-refractivity contribution in [3.05, 3.63) is 30.1 Å². The van der Waals surface area contributed by atoms with Gasteiger partial charge in [-0.1, -0.05) is 0 Å². The smallest absolute Gasteiger partial charge is 0.320 e. The maximum Gasteiger partial charge on any atom is 0.395 e. The molecule has 0 spiro atoms. The number of alkyl halides is 3. The highest BCUT2D eigenvalue weighted by molar-refractivity contribution is 5.17. The molecular formula is C10H13F3N2. The highest BCUT2D eigenvalue weighted by Crippen LogP contribution is 2.36. The van der Waals surface area contributed by atoms with Crippen LogP contribution in [0.2, 0.25) is 0 Å². The van der Waals surface area contributed by atoms with Crippen LogP contribution in [0, 0.1) is 0 Å². The topological polar surface area (TPSA) is 24.9 Å². The van der Waals surface area contributed by atoms with Gasteiger partial charge in [0.15, 0.2) is 0 Å². The fourth-order valence-electron chi connectivity index (χ4n) is 1.40. The van der Waals surface area contributed by atoms with Crippen molar-refractivity contribution in [2.75, 3.05) is 13.6 Å². The largest absolute Gasteiger partial charge is 0.395 e. The quantitative estimate of drug-likeness (QED) is 0.839. The van der Waals surface area contributed by atoms with Crippen LogP contribution in [0.5, 0.6) is 0 Å². The fraction of sp³-hybridized carbons (Fsp3) is 0.500. The van der Waals surface area contributed by atoms with E-state index >= 15 is 0 Å². The number of halogens is 3. The number of rotatable bonds is 4. The standard InChI is InChI=1S/C10H13F3N2/c1-14-5-4-9(10(11,12)13)8-2-6-15-7-3-8/h2-3,6-7,9,14H,4-5H2,1H3. The molecule has 0 amide bonds. The number of hydrogen-bond acceptors (Lipinski definition) is 2. The third-order valence-electron chi connectivity index (χ3n) is 2.19. The first-order valence-electron chi connectivity index (χ1n) is 4.67. The van der Waals surface area contributed by atoms with Crippen molar-refractivity contribution < 1.29 is 13.2 Å². The minimum Gasteiger partial charge on any atom is -0.320 e. The third-order valence-corrected chi connectivity index (χ3v) is 2.19. The Morgan fingerprint density at radius 3 is 2.40 bits per heavy atom. The van der Waals surface area contributed by atoms with Crippen molar-refractivity contribution in [2.24, 2.45) is 0 Å². The molecule has 0 aromatic carbocycles. The second kappa shape index (κ2) is 5.11. The van der Waals surface area contributed by atoms with Gasteiger partial charge in [-0.2, -0.15) is 13.2 Å². The van der Waals surface area contributed by atoms with Crippen LogP contribution >= 0.6 is 0 Å². The summed E-state index contributed by atoms with van der Waals surface area (Å²) in [6.07, 6.45) is -1.39. The lowest BCUT2D eigenvalue weighted by Crippen LogP contribution is -2.24. The summed E-state index contributed by atoms with van der Waals surface area (Å²) in [6, 6.07) is 2.82. The summed E-state index contributed by atoms with van der Waals surface area (Å²) < 4.78 is 38.0. The Hall–Kier alpha value is -1.10. The Bertz CT molecular complexity index is 284. The zero-order chi connectivity index (χ0) is 11.3. The average molecular weight is 218 g/mol. The van der Waals surface area contributed by atoms with E-state index in [-0.39, 0.29) is 12.0 Å². The van der Waals surface area contributed by atoms with Gasteiger partial charge >= 0.3 is 6.18 Å². The monoisotopic (exact) mass is 218 g/mol. The Kier molecular flexibility index (Phi) is 4.08. The van der Waals surface area contributed by atoms with E-state index in [0.717, 1.165) is 0 Å². The van der Waals surface area contributed by atoms with Gasteiger partial charge in [0, 0.05) is 12.4 Å². The van der Waals surface area contributed by atoms with Crippen LogP contribution in [0.1, 0.15) is 17.9 Å². The zero-order valence-electron chi connectivity index (χ0n) is 8.38. The van der Waals surface area contributed by atoms with Crippen molar-refractivity contribution in [2.45, 2.75) is 18.5 Å². The van der Waals surface area contributed by atoms with E-state index in [1.165, 1.54) is 24.5 Å². The first-order valence-corrected chi connectivity index (χ1v) is 4.67. The van der Waals surface area contributed by atoms with Crippen LogP contribution in [0.25, 0.3) is 0 Å². The van der Waals surface area contributed by atoms with E-state index in [1.807, 2.05) is 0 Å². The Labute approximate surface area is 86.5 Å². The lowest BCUT2D eigenvalue weighted by molar-refractivity contribution is -0.151. The van der Waals surface area contributed by atoms with E-state index in [4.69, 9.17) is 0 Å². The molecular weight excluding hydrogens is 205 g/mol. The Morgan fingerprint density at radius 2 is 1.93 bits per heavy atom. The summed E-state index contributed by atoms with van der Waals surface area (Å²) in [6.45, 7) is 0.340. The van der Waals surface area contributed by atoms with Gasteiger partial charge in [-0.05, 0) is 37.7 Å². The normalized spacial score (nSPS) is 13.9. The number of hydrogen-bond donors (Lipinski definition) is 1. The molecule has 15 heavy (non-hydrogen) atoms. The molecule has 84 valence electrons. The second-order valence-electron chi connectivity index (χ2n) is 3.27. The molecule has 1 aromatic heterocycles. The highest BCUT2D eigenvalue weighted by atomic mass is 19.4. The van der Waals surface area contributed by atoms with Gasteiger partial charge in [0.2, 0.25) is 0 Å². The molecule has 1 rings (SSSR count). The van der Waals surface area contributed by atoms with Crippen molar-refractivity contribution in [1.29, 1.82) is 0 Å². The van der Waals surface area contributed by atoms with Crippen LogP contribution in [0.15, 0.2) is 24.5 Å². The molecule has 0 radical (unpaired) electrons. The maximum atomic E-state index is 12.7. The van der Waals surface area contributed by atoms with Gasteiger partial charge in [-0.3, -0.25) is 4.98 Å². The molecule has 5 heteroatoms. The minimum absolute atomic E-state index is 0.0456. The lowest BCUT2D eigenvalue weighted by atomic mass is 9.96. The van der Waals surface area contributed by atoms with E-state index in [1.54, 1.807) is 7.05 Å². The van der Waals surface area contributed by atoms with Gasteiger partial charge in [0.1, 0.15) is 0 Å². The Balaban J connectivity index is 2.82. The maximum absolute atomic E-state index is 12.7. The van der Waals surface area contributed by atoms with Crippen LogP contribution < -0.4 is 5.32 Å². The number of aromatic nitrogens is 1. The van der Waals surface area contributed by atoms with Gasteiger partial charge < -0.3 is 5.32 Å². The van der Waals surface area contributed by atoms with E-state index in [2.05, 4.69) is 10.3 Å². The molecule has 1 N–H and O–H groups in total. The van der Waals surface area contributed by atoms with E-state index in [9.17, 15) is 13.2 Å². The van der Waals surface area contributed by atoms with Gasteiger partial charge in [-0.15, -0.1) is 0 Å². The van der Waals surface area contributed by atoms with Crippen molar-refractivity contribution >= 4 is 0 Å². The highest BCUT2D eigenvalue weighted by Gasteiger charge is 2.39. The van der Waals surface area contributed by atoms with Crippen LogP contribution in [0.3, 0.4) is 0 Å². The second-order valence-corrected chi connectivity index (χ2v) is 3.27. The molecule has 1 atom stereocenters. The lowest BCUT2D eigenvalue weighted by Gasteiger charge is -2.20. The summed E-state index contributed by atoms with van der Waals surface area (Å²) in [5.41, 5.74) is 0.271. The molecule has 1 aromatic rings. The average Bonchev–Trinajstić information content (AvgIpc) is 2.18. The molecule has 0 aliphatic rings. The minimum atomic E-state index is -4.20. The molecule has 0 saturated heterocycles. The molecule has 0 aliphatic carbocycles. The first-order chi connectivity index (χ1) is 7.05. The molecule has 1 heterocycles. The molecule has 0 aliphatic heterocycles. The van der Waals surface area contributed by atoms with Gasteiger partial charge in [0.05, 0.1) is 5.92 Å². The molecule has 0 saturated carbocycles. The summed E-state index contributed by atoms with van der Waals surface area (Å²) in [5.74, 6) is -1.41. The molecule has 0 bridgehead atoms. The summed E-state index contributed by atoms with van der Waals surface area (Å²) >= 11 is 0. The van der Waals surface area contributed by atoms with Crippen molar-refractivity contribution in [1.82, 2.24) is 10.3 Å².